The summed E-state index contributed by atoms with van der Waals surface area (Å²) in [5, 5.41) is 18.8. The van der Waals surface area contributed by atoms with Crippen molar-refractivity contribution in [3.63, 3.8) is 0 Å². The van der Waals surface area contributed by atoms with Crippen LogP contribution in [0.2, 0.25) is 0 Å². The first-order valence-corrected chi connectivity index (χ1v) is 7.56. The molecule has 7 heteroatoms. The number of amides is 1. The molecule has 0 radical (unpaired) electrons. The Morgan fingerprint density at radius 2 is 1.90 bits per heavy atom. The molecule has 106 valence electrons. The van der Waals surface area contributed by atoms with Crippen molar-refractivity contribution in [2.24, 2.45) is 44.2 Å². The maximum Gasteiger partial charge on any atom is 0.432 e. The van der Waals surface area contributed by atoms with Gasteiger partial charge in [0.2, 0.25) is 0 Å². The van der Waals surface area contributed by atoms with Crippen LogP contribution in [0.1, 0.15) is 19.8 Å². The fourth-order valence-corrected chi connectivity index (χ4v) is 5.51. The zero-order chi connectivity index (χ0) is 13.4. The molecule has 3 fully saturated rings. The van der Waals surface area contributed by atoms with Crippen molar-refractivity contribution in [1.29, 1.82) is 0 Å². The average molecular weight is 275 g/mol. The van der Waals surface area contributed by atoms with Crippen LogP contribution in [0.3, 0.4) is 0 Å². The SMILES string of the molecule is CCOC(=O)N1N=N[C@@H]2[C@@H]3C[C@@H]([C@H]4[C@@H]3[C@H]3C[C@@H]4N=N3)[C@@H]21. The predicted octanol–water partition coefficient (Wildman–Crippen LogP) is 2.05. The molecule has 8 atom stereocenters. The molecule has 0 spiro atoms. The maximum atomic E-state index is 12.0. The second-order valence-electron chi connectivity index (χ2n) is 6.55. The topological polar surface area (TPSA) is 79.0 Å². The molecule has 2 aliphatic heterocycles. The highest BCUT2D eigenvalue weighted by Gasteiger charge is 2.69. The number of rotatable bonds is 1. The van der Waals surface area contributed by atoms with Gasteiger partial charge >= 0.3 is 6.09 Å². The lowest BCUT2D eigenvalue weighted by Gasteiger charge is -2.37. The van der Waals surface area contributed by atoms with Crippen LogP contribution in [0.15, 0.2) is 20.6 Å². The number of carbonyl (C=O) groups excluding carboxylic acids is 1. The van der Waals surface area contributed by atoms with Gasteiger partial charge < -0.3 is 4.74 Å². The molecule has 20 heavy (non-hydrogen) atoms. The summed E-state index contributed by atoms with van der Waals surface area (Å²) >= 11 is 0. The zero-order valence-corrected chi connectivity index (χ0v) is 11.3. The molecule has 0 N–H and O–H groups in total. The number of azo groups is 1. The highest BCUT2D eigenvalue weighted by Crippen LogP contribution is 2.64. The third-order valence-electron chi connectivity index (χ3n) is 5.96. The van der Waals surface area contributed by atoms with Crippen molar-refractivity contribution in [3.8, 4) is 0 Å². The smallest absolute Gasteiger partial charge is 0.432 e. The van der Waals surface area contributed by atoms with Gasteiger partial charge in [0.05, 0.1) is 30.8 Å². The molecule has 3 aliphatic carbocycles. The van der Waals surface area contributed by atoms with Crippen LogP contribution >= 0.6 is 0 Å². The summed E-state index contributed by atoms with van der Waals surface area (Å²) < 4.78 is 5.11. The lowest BCUT2D eigenvalue weighted by atomic mass is 9.74. The summed E-state index contributed by atoms with van der Waals surface area (Å²) in [4.78, 5) is 12.0. The Morgan fingerprint density at radius 1 is 1.15 bits per heavy atom. The fourth-order valence-electron chi connectivity index (χ4n) is 5.51. The number of hydrogen-bond acceptors (Lipinski definition) is 6. The van der Waals surface area contributed by atoms with Crippen molar-refractivity contribution in [2.45, 2.75) is 43.9 Å². The van der Waals surface area contributed by atoms with Gasteiger partial charge in [-0.25, -0.2) is 4.79 Å². The van der Waals surface area contributed by atoms with Crippen molar-refractivity contribution in [3.05, 3.63) is 0 Å². The Hall–Kier alpha value is -1.53. The summed E-state index contributed by atoms with van der Waals surface area (Å²) in [5.41, 5.74) is 0. The molecule has 0 unspecified atom stereocenters. The molecule has 0 aromatic heterocycles. The minimum absolute atomic E-state index is 0.106. The Morgan fingerprint density at radius 3 is 2.65 bits per heavy atom. The summed E-state index contributed by atoms with van der Waals surface area (Å²) in [6.07, 6.45) is 1.91. The third kappa shape index (κ3) is 1.11. The predicted molar refractivity (Wildman–Crippen MR) is 66.9 cm³/mol. The van der Waals surface area contributed by atoms with E-state index in [1.807, 2.05) is 6.92 Å². The van der Waals surface area contributed by atoms with Crippen molar-refractivity contribution in [2.75, 3.05) is 6.61 Å². The first-order valence-electron chi connectivity index (χ1n) is 7.56. The summed E-state index contributed by atoms with van der Waals surface area (Å²) in [6, 6.07) is 1.06. The van der Waals surface area contributed by atoms with E-state index in [1.54, 1.807) is 0 Å². The highest BCUT2D eigenvalue weighted by molar-refractivity contribution is 5.68. The van der Waals surface area contributed by atoms with Crippen molar-refractivity contribution >= 4 is 6.09 Å². The van der Waals surface area contributed by atoms with Crippen LogP contribution in [0, 0.1) is 23.7 Å². The van der Waals surface area contributed by atoms with E-state index >= 15 is 0 Å². The molecule has 2 heterocycles. The average Bonchev–Trinajstić information content (AvgIpc) is 3.21. The van der Waals surface area contributed by atoms with Gasteiger partial charge in [-0.05, 0) is 43.4 Å². The van der Waals surface area contributed by atoms with Gasteiger partial charge in [0, 0.05) is 0 Å². The lowest BCUT2D eigenvalue weighted by Crippen LogP contribution is -2.49. The maximum absolute atomic E-state index is 12.0. The highest BCUT2D eigenvalue weighted by atomic mass is 16.6. The van der Waals surface area contributed by atoms with Gasteiger partial charge in [-0.1, -0.05) is 5.22 Å². The zero-order valence-electron chi connectivity index (χ0n) is 11.3. The molecule has 0 aromatic rings. The molecular formula is C13H17N5O2. The van der Waals surface area contributed by atoms with Gasteiger partial charge in [0.1, 0.15) is 0 Å². The van der Waals surface area contributed by atoms with E-state index in [2.05, 4.69) is 20.6 Å². The molecule has 0 saturated heterocycles. The van der Waals surface area contributed by atoms with E-state index in [-0.39, 0.29) is 18.2 Å². The van der Waals surface area contributed by atoms with E-state index in [9.17, 15) is 4.79 Å². The minimum Gasteiger partial charge on any atom is -0.448 e. The number of fused-ring (bicyclic) bond motifs is 12. The fraction of sp³-hybridized carbons (Fsp3) is 0.923. The molecule has 5 rings (SSSR count). The van der Waals surface area contributed by atoms with E-state index < -0.39 is 0 Å². The number of ether oxygens (including phenoxy) is 1. The van der Waals surface area contributed by atoms with E-state index in [0.717, 1.165) is 12.8 Å². The quantitative estimate of drug-likeness (QED) is 0.686. The van der Waals surface area contributed by atoms with Gasteiger partial charge in [0.25, 0.3) is 0 Å². The van der Waals surface area contributed by atoms with Gasteiger partial charge in [0.15, 0.2) is 0 Å². The van der Waals surface area contributed by atoms with Crippen LogP contribution < -0.4 is 0 Å². The van der Waals surface area contributed by atoms with Gasteiger partial charge in [-0.2, -0.15) is 20.4 Å². The number of hydrogen-bond donors (Lipinski definition) is 0. The normalized spacial score (nSPS) is 52.8. The Labute approximate surface area is 116 Å². The Kier molecular flexibility index (Phi) is 1.99. The number of nitrogens with zero attached hydrogens (tertiary/aromatic N) is 5. The Bertz CT molecular complexity index is 535. The summed E-state index contributed by atoms with van der Waals surface area (Å²) in [5.74, 6) is 2.23. The molecule has 4 bridgehead atoms. The van der Waals surface area contributed by atoms with Crippen LogP contribution in [0.4, 0.5) is 4.79 Å². The molecule has 7 nitrogen and oxygen atoms in total. The monoisotopic (exact) mass is 275 g/mol. The van der Waals surface area contributed by atoms with Crippen LogP contribution in [0.5, 0.6) is 0 Å². The third-order valence-corrected chi connectivity index (χ3v) is 5.96. The Balaban J connectivity index is 1.47. The van der Waals surface area contributed by atoms with Crippen LogP contribution in [-0.2, 0) is 4.74 Å². The first-order chi connectivity index (χ1) is 9.79. The van der Waals surface area contributed by atoms with Crippen molar-refractivity contribution < 1.29 is 9.53 Å². The van der Waals surface area contributed by atoms with E-state index in [1.165, 1.54) is 5.01 Å². The standard InChI is InChI=1S/C13H17N5O2/c1-2-20-13(19)18-12-6-3-5(11(12)16-17-18)9-7-4-8(10(6)9)15-14-7/h5-12H,2-4H2,1H3/t5-,6+,7-,8+,9+,10-,11-,12+/m1/s1. The molecule has 5 aliphatic rings. The van der Waals surface area contributed by atoms with Crippen molar-refractivity contribution in [1.82, 2.24) is 5.01 Å². The van der Waals surface area contributed by atoms with Gasteiger partial charge in [-0.15, -0.1) is 0 Å². The second kappa shape index (κ2) is 3.56. The van der Waals surface area contributed by atoms with E-state index in [0.29, 0.717) is 42.4 Å². The lowest BCUT2D eigenvalue weighted by molar-refractivity contribution is 0.0641. The van der Waals surface area contributed by atoms with Gasteiger partial charge in [-0.3, -0.25) is 0 Å². The molecule has 3 saturated carbocycles. The summed E-state index contributed by atoms with van der Waals surface area (Å²) in [6.45, 7) is 2.19. The molecule has 1 amide bonds. The van der Waals surface area contributed by atoms with Crippen LogP contribution in [-0.4, -0.2) is 41.9 Å². The van der Waals surface area contributed by atoms with Crippen LogP contribution in [0.25, 0.3) is 0 Å². The molecular weight excluding hydrogens is 258 g/mol. The number of carbonyl (C=O) groups is 1. The minimum atomic E-state index is -0.349. The largest absolute Gasteiger partial charge is 0.448 e. The first kappa shape index (κ1) is 11.2. The van der Waals surface area contributed by atoms with E-state index in [4.69, 9.17) is 4.74 Å². The molecule has 0 aromatic carbocycles. The summed E-state index contributed by atoms with van der Waals surface area (Å²) in [7, 11) is 0. The second-order valence-corrected chi connectivity index (χ2v) is 6.55.